The third kappa shape index (κ3) is 2.75. The second-order valence-corrected chi connectivity index (χ2v) is 5.11. The van der Waals surface area contributed by atoms with Crippen molar-refractivity contribution in [3.05, 3.63) is 24.3 Å². The monoisotopic (exact) mass is 247 g/mol. The number of piperidine rings is 1. The first-order valence-electron chi connectivity index (χ1n) is 6.46. The predicted octanol–water partition coefficient (Wildman–Crippen LogP) is 2.56. The summed E-state index contributed by atoms with van der Waals surface area (Å²) in [5.41, 5.74) is 7.27. The Hall–Kier alpha value is -1.71. The molecule has 1 saturated heterocycles. The van der Waals surface area contributed by atoms with Crippen molar-refractivity contribution in [2.45, 2.75) is 19.8 Å². The Morgan fingerprint density at radius 2 is 2.06 bits per heavy atom. The van der Waals surface area contributed by atoms with Gasteiger partial charge in [-0.3, -0.25) is 4.90 Å². The zero-order valence-corrected chi connectivity index (χ0v) is 11.1. The number of likely N-dealkylation sites (tertiary alicyclic amines) is 1. The summed E-state index contributed by atoms with van der Waals surface area (Å²) in [4.78, 5) is 15.9. The van der Waals surface area contributed by atoms with Crippen molar-refractivity contribution in [3.63, 3.8) is 0 Å². The summed E-state index contributed by atoms with van der Waals surface area (Å²) in [6.07, 6.45) is 2.19. The minimum absolute atomic E-state index is 0.0625. The molecule has 0 saturated carbocycles. The van der Waals surface area contributed by atoms with Gasteiger partial charge < -0.3 is 10.6 Å². The Bertz CT molecular complexity index is 425. The number of nitrogens with two attached hydrogens (primary N) is 1. The van der Waals surface area contributed by atoms with Crippen LogP contribution in [0.4, 0.5) is 16.2 Å². The van der Waals surface area contributed by atoms with E-state index >= 15 is 0 Å². The summed E-state index contributed by atoms with van der Waals surface area (Å²) in [5.74, 6) is 0.728. The van der Waals surface area contributed by atoms with Crippen LogP contribution in [0.1, 0.15) is 19.8 Å². The molecule has 18 heavy (non-hydrogen) atoms. The van der Waals surface area contributed by atoms with Crippen molar-refractivity contribution < 1.29 is 4.79 Å². The average molecular weight is 247 g/mol. The number of nitrogens with zero attached hydrogens (tertiary/aromatic N) is 2. The summed E-state index contributed by atoms with van der Waals surface area (Å²) in [6.45, 7) is 3.95. The van der Waals surface area contributed by atoms with Crippen LogP contribution in [0.15, 0.2) is 24.3 Å². The predicted molar refractivity (Wildman–Crippen MR) is 74.6 cm³/mol. The number of rotatable bonds is 1. The molecule has 2 rings (SSSR count). The molecule has 1 aliphatic heterocycles. The van der Waals surface area contributed by atoms with E-state index < -0.39 is 0 Å². The van der Waals surface area contributed by atoms with Crippen LogP contribution in [0.2, 0.25) is 0 Å². The summed E-state index contributed by atoms with van der Waals surface area (Å²) in [6, 6.07) is 7.48. The molecule has 1 fully saturated rings. The van der Waals surface area contributed by atoms with E-state index in [1.807, 2.05) is 29.2 Å². The fourth-order valence-electron chi connectivity index (χ4n) is 2.26. The van der Waals surface area contributed by atoms with Crippen LogP contribution in [-0.4, -0.2) is 31.1 Å². The van der Waals surface area contributed by atoms with E-state index in [2.05, 4.69) is 6.92 Å². The zero-order valence-electron chi connectivity index (χ0n) is 11.1. The molecule has 1 aliphatic rings. The third-order valence-electron chi connectivity index (χ3n) is 3.60. The molecule has 1 aromatic rings. The highest BCUT2D eigenvalue weighted by atomic mass is 16.2. The van der Waals surface area contributed by atoms with Crippen molar-refractivity contribution in [2.24, 2.45) is 5.92 Å². The quantitative estimate of drug-likeness (QED) is 0.775. The molecule has 1 aromatic carbocycles. The van der Waals surface area contributed by atoms with Gasteiger partial charge in [-0.25, -0.2) is 4.79 Å². The van der Waals surface area contributed by atoms with Gasteiger partial charge >= 0.3 is 6.03 Å². The molecule has 2 amide bonds. The maximum Gasteiger partial charge on any atom is 0.324 e. The lowest BCUT2D eigenvalue weighted by Crippen LogP contribution is -2.45. The van der Waals surface area contributed by atoms with Gasteiger partial charge in [-0.15, -0.1) is 0 Å². The minimum Gasteiger partial charge on any atom is -0.399 e. The van der Waals surface area contributed by atoms with E-state index in [0.29, 0.717) is 5.69 Å². The first-order valence-corrected chi connectivity index (χ1v) is 6.46. The van der Waals surface area contributed by atoms with Crippen LogP contribution in [0.3, 0.4) is 0 Å². The molecule has 4 heteroatoms. The van der Waals surface area contributed by atoms with Crippen LogP contribution in [0.25, 0.3) is 0 Å². The molecule has 2 N–H and O–H groups in total. The van der Waals surface area contributed by atoms with Crippen molar-refractivity contribution in [3.8, 4) is 0 Å². The number of amides is 2. The number of hydrogen-bond donors (Lipinski definition) is 1. The molecule has 0 spiro atoms. The smallest absolute Gasteiger partial charge is 0.324 e. The van der Waals surface area contributed by atoms with E-state index in [1.165, 1.54) is 0 Å². The molecule has 0 aromatic heterocycles. The van der Waals surface area contributed by atoms with Gasteiger partial charge in [-0.1, -0.05) is 13.0 Å². The lowest BCUT2D eigenvalue weighted by atomic mass is 9.99. The molecular weight excluding hydrogens is 226 g/mol. The Labute approximate surface area is 108 Å². The fourth-order valence-corrected chi connectivity index (χ4v) is 2.26. The topological polar surface area (TPSA) is 49.6 Å². The molecular formula is C14H21N3O. The maximum atomic E-state index is 12.3. The average Bonchev–Trinajstić information content (AvgIpc) is 2.38. The molecule has 98 valence electrons. The van der Waals surface area contributed by atoms with Gasteiger partial charge in [0.25, 0.3) is 0 Å². The highest BCUT2D eigenvalue weighted by Crippen LogP contribution is 2.21. The van der Waals surface area contributed by atoms with Crippen LogP contribution in [0, 0.1) is 5.92 Å². The van der Waals surface area contributed by atoms with E-state index in [9.17, 15) is 4.79 Å². The minimum atomic E-state index is 0.0625. The number of urea groups is 1. The number of nitrogen functional groups attached to an aromatic ring is 1. The Balaban J connectivity index is 2.04. The van der Waals surface area contributed by atoms with Gasteiger partial charge in [0.15, 0.2) is 0 Å². The van der Waals surface area contributed by atoms with E-state index in [-0.39, 0.29) is 6.03 Å². The van der Waals surface area contributed by atoms with Crippen molar-refractivity contribution in [1.29, 1.82) is 0 Å². The Kier molecular flexibility index (Phi) is 3.75. The van der Waals surface area contributed by atoms with Crippen molar-refractivity contribution in [2.75, 3.05) is 30.8 Å². The van der Waals surface area contributed by atoms with Gasteiger partial charge in [0, 0.05) is 31.5 Å². The van der Waals surface area contributed by atoms with Crippen LogP contribution >= 0.6 is 0 Å². The van der Waals surface area contributed by atoms with Gasteiger partial charge in [-0.05, 0) is 37.0 Å². The van der Waals surface area contributed by atoms with Crippen molar-refractivity contribution >= 4 is 17.4 Å². The molecule has 0 aliphatic carbocycles. The van der Waals surface area contributed by atoms with E-state index in [1.54, 1.807) is 11.9 Å². The summed E-state index contributed by atoms with van der Waals surface area (Å²) < 4.78 is 0. The molecule has 0 atom stereocenters. The van der Waals surface area contributed by atoms with Crippen molar-refractivity contribution in [1.82, 2.24) is 4.90 Å². The van der Waals surface area contributed by atoms with Crippen LogP contribution < -0.4 is 10.6 Å². The fraction of sp³-hybridized carbons (Fsp3) is 0.500. The third-order valence-corrected chi connectivity index (χ3v) is 3.60. The van der Waals surface area contributed by atoms with Gasteiger partial charge in [0.2, 0.25) is 0 Å². The Morgan fingerprint density at radius 1 is 1.39 bits per heavy atom. The number of anilines is 2. The van der Waals surface area contributed by atoms with Gasteiger partial charge in [0.1, 0.15) is 0 Å². The number of carbonyl (C=O) groups is 1. The first-order chi connectivity index (χ1) is 8.58. The second kappa shape index (κ2) is 5.29. The SMILES string of the molecule is CC1CCN(C(=O)N(C)c2cccc(N)c2)CC1. The second-order valence-electron chi connectivity index (χ2n) is 5.11. The summed E-state index contributed by atoms with van der Waals surface area (Å²) in [5, 5.41) is 0. The summed E-state index contributed by atoms with van der Waals surface area (Å²) in [7, 11) is 1.80. The first kappa shape index (κ1) is 12.7. The molecule has 0 unspecified atom stereocenters. The highest BCUT2D eigenvalue weighted by molar-refractivity contribution is 5.92. The van der Waals surface area contributed by atoms with Crippen LogP contribution in [0.5, 0.6) is 0 Å². The number of carbonyl (C=O) groups excluding carboxylic acids is 1. The van der Waals surface area contributed by atoms with Crippen LogP contribution in [-0.2, 0) is 0 Å². The highest BCUT2D eigenvalue weighted by Gasteiger charge is 2.23. The number of hydrogen-bond acceptors (Lipinski definition) is 2. The molecule has 0 radical (unpaired) electrons. The summed E-state index contributed by atoms with van der Waals surface area (Å²) >= 11 is 0. The lowest BCUT2D eigenvalue weighted by Gasteiger charge is -2.33. The van der Waals surface area contributed by atoms with E-state index in [4.69, 9.17) is 5.73 Å². The molecule has 0 bridgehead atoms. The Morgan fingerprint density at radius 3 is 2.67 bits per heavy atom. The molecule has 4 nitrogen and oxygen atoms in total. The van der Waals surface area contributed by atoms with Gasteiger partial charge in [-0.2, -0.15) is 0 Å². The molecule has 1 heterocycles. The van der Waals surface area contributed by atoms with Gasteiger partial charge in [0.05, 0.1) is 0 Å². The normalized spacial score (nSPS) is 16.7. The maximum absolute atomic E-state index is 12.3. The lowest BCUT2D eigenvalue weighted by molar-refractivity contribution is 0.181. The van der Waals surface area contributed by atoms with E-state index in [0.717, 1.165) is 37.5 Å². The number of benzene rings is 1. The standard InChI is InChI=1S/C14H21N3O/c1-11-6-8-17(9-7-11)14(18)16(2)13-5-3-4-12(15)10-13/h3-5,10-11H,6-9,15H2,1-2H3. The largest absolute Gasteiger partial charge is 0.399 e. The zero-order chi connectivity index (χ0) is 13.1.